The Morgan fingerprint density at radius 3 is 1.21 bits per heavy atom. The summed E-state index contributed by atoms with van der Waals surface area (Å²) >= 11 is 0. The molecule has 5 aromatic rings. The van der Waals surface area contributed by atoms with Crippen molar-refractivity contribution in [3.63, 3.8) is 0 Å². The molecule has 0 amide bonds. The number of hydrogen-bond acceptors (Lipinski definition) is 24. The summed E-state index contributed by atoms with van der Waals surface area (Å²) in [4.78, 5) is 0. The minimum Gasteiger partial charge on any atom is -0.360 e. The van der Waals surface area contributed by atoms with Crippen LogP contribution in [0.4, 0.5) is 0 Å². The molecule has 24 bridgehead atoms. The molecule has 16 aliphatic heterocycles. The van der Waals surface area contributed by atoms with Crippen LogP contribution in [-0.2, 0) is 115 Å². The first kappa shape index (κ1) is 59.7. The summed E-state index contributed by atoms with van der Waals surface area (Å²) in [6.45, 7) is -2.74. The lowest BCUT2D eigenvalue weighted by molar-refractivity contribution is -0.382. The highest BCUT2D eigenvalue weighted by Gasteiger charge is 2.55. The highest BCUT2D eigenvalue weighted by molar-refractivity contribution is 5.55. The number of rotatable bonds is 1. The average molecular weight is 1200 g/mol. The second-order valence-corrected chi connectivity index (χ2v) is 22.9. The molecule has 17 aliphatic rings. The number of hydrogen-bond donors (Lipinski definition) is 12. The molecule has 22 rings (SSSR count). The Morgan fingerprint density at radius 2 is 0.759 bits per heavy atom. The van der Waals surface area contributed by atoms with E-state index in [1.54, 1.807) is 13.0 Å². The SMILES string of the molecule is C=Cc1ccc2cc1C1(O)COC(O)(CO1)c1cccc(c1)C1(O)COC(O)(CO1)c1cc(ccc1C)C1(O)COC(O)(CO1)c1cccc(c1)C1(O)COC(O)(CO1)c1cc#cc(c1)C1(O)COC(O)(CO1)C1=C=C=CC(=C1)C1(O)COC2(O)CO1. The van der Waals surface area contributed by atoms with Crippen molar-refractivity contribution >= 4 is 6.08 Å². The molecule has 0 radical (unpaired) electrons. The van der Waals surface area contributed by atoms with Crippen LogP contribution in [0.25, 0.3) is 6.08 Å². The maximum Gasteiger partial charge on any atom is 0.225 e. The van der Waals surface area contributed by atoms with Gasteiger partial charge in [0.1, 0.15) is 79.3 Å². The lowest BCUT2D eigenvalue weighted by Gasteiger charge is -2.44. The highest BCUT2D eigenvalue weighted by atomic mass is 16.8. The fraction of sp³-hybridized carbons (Fsp3) is 0.397. The topological polar surface area (TPSA) is 354 Å². The van der Waals surface area contributed by atoms with Crippen LogP contribution >= 0.6 is 0 Å². The molecule has 1 aliphatic carbocycles. The minimum atomic E-state index is -2.31. The fourth-order valence-corrected chi connectivity index (χ4v) is 11.4. The number of ether oxygens (including phenoxy) is 12. The molecule has 6 saturated heterocycles. The molecule has 87 heavy (non-hydrogen) atoms. The third-order valence-corrected chi connectivity index (χ3v) is 17.1. The fourth-order valence-electron chi connectivity index (χ4n) is 11.4. The standard InChI is InChI=1S/C63H60O24/c1-3-39-17-19-49-25-51(39)63(75)37-85-59(71,35-87-63)47-15-7-14-46(23-47)58(70)34-86-62(74,36-84-58)50-24-48(18-16-38(50)2)60(72)32-80-56(68,30-82-60)44-12-5-10-42(21-44)54(66)28-76-52(64,26-78-54)40-8-4-9-41(20-40)53(65)27-79-55(67,29-77-53)43-11-6-13-45(22-43)57(69)31-83-61(49,73)33-81-57/h3,5,7-8,10,12-25,64-75H,1,26-37H2,2H3. The van der Waals surface area contributed by atoms with Gasteiger partial charge in [-0.2, -0.15) is 0 Å². The summed E-state index contributed by atoms with van der Waals surface area (Å²) in [5.41, 5.74) is 6.50. The van der Waals surface area contributed by atoms with Gasteiger partial charge in [-0.25, -0.2) is 0 Å². The van der Waals surface area contributed by atoms with E-state index in [0.717, 1.165) is 0 Å². The van der Waals surface area contributed by atoms with Crippen molar-refractivity contribution in [3.8, 4) is 0 Å². The molecular weight excluding hydrogens is 1140 g/mol. The number of benzene rings is 4. The second kappa shape index (κ2) is 20.6. The third-order valence-electron chi connectivity index (χ3n) is 17.1. The van der Waals surface area contributed by atoms with Gasteiger partial charge in [-0.3, -0.25) is 0 Å². The van der Waals surface area contributed by atoms with Crippen molar-refractivity contribution in [2.45, 2.75) is 76.4 Å². The molecular formula is C63H60O24. The summed E-state index contributed by atoms with van der Waals surface area (Å²) in [7, 11) is 0. The molecule has 5 aromatic carbocycles. The molecule has 0 aromatic heterocycles. The van der Waals surface area contributed by atoms with Crippen LogP contribution in [0, 0.1) is 19.1 Å². The van der Waals surface area contributed by atoms with Gasteiger partial charge in [-0.1, -0.05) is 96.9 Å². The van der Waals surface area contributed by atoms with Crippen LogP contribution < -0.4 is 0 Å². The lowest BCUT2D eigenvalue weighted by Crippen LogP contribution is -2.54. The Bertz CT molecular complexity index is 3680. The summed E-state index contributed by atoms with van der Waals surface area (Å²) in [5, 5.41) is 143. The average Bonchev–Trinajstić information content (AvgIpc) is 1.07. The second-order valence-electron chi connectivity index (χ2n) is 22.9. The van der Waals surface area contributed by atoms with Gasteiger partial charge in [-0.15, -0.1) is 0 Å². The largest absolute Gasteiger partial charge is 0.360 e. The zero-order valence-corrected chi connectivity index (χ0v) is 46.4. The molecule has 16 heterocycles. The van der Waals surface area contributed by atoms with E-state index in [2.05, 4.69) is 30.2 Å². The number of aliphatic hydroxyl groups is 12. The molecule has 12 atom stereocenters. The summed E-state index contributed by atoms with van der Waals surface area (Å²) in [6, 6.07) is 28.5. The van der Waals surface area contributed by atoms with Gasteiger partial charge in [0.15, 0.2) is 0 Å². The zero-order valence-electron chi connectivity index (χ0n) is 46.4. The normalized spacial score (nSPS) is 39.1. The molecule has 0 saturated carbocycles. The number of aryl methyl sites for hydroxylation is 1. The van der Waals surface area contributed by atoms with E-state index in [-0.39, 0.29) is 66.8 Å². The van der Waals surface area contributed by atoms with E-state index in [0.29, 0.717) is 11.1 Å². The Kier molecular flexibility index (Phi) is 14.2. The molecule has 12 unspecified atom stereocenters. The smallest absolute Gasteiger partial charge is 0.225 e. The highest BCUT2D eigenvalue weighted by Crippen LogP contribution is 2.47. The van der Waals surface area contributed by atoms with Gasteiger partial charge < -0.3 is 118 Å². The van der Waals surface area contributed by atoms with Crippen LogP contribution in [0.15, 0.2) is 138 Å². The van der Waals surface area contributed by atoms with E-state index in [4.69, 9.17) is 56.8 Å². The summed E-state index contributed by atoms with van der Waals surface area (Å²) in [6.07, 6.45) is 3.99. The molecule has 24 heteroatoms. The zero-order chi connectivity index (χ0) is 61.3. The first-order valence-electron chi connectivity index (χ1n) is 27.5. The molecule has 6 fully saturated rings. The van der Waals surface area contributed by atoms with E-state index in [1.807, 2.05) is 0 Å². The van der Waals surface area contributed by atoms with Gasteiger partial charge in [0.25, 0.3) is 0 Å². The van der Waals surface area contributed by atoms with Crippen LogP contribution in [0.1, 0.15) is 66.8 Å². The summed E-state index contributed by atoms with van der Waals surface area (Å²) < 4.78 is 71.2. The first-order chi connectivity index (χ1) is 41.1. The van der Waals surface area contributed by atoms with Gasteiger partial charge >= 0.3 is 0 Å². The Labute approximate surface area is 495 Å². The van der Waals surface area contributed by atoms with Crippen molar-refractivity contribution in [3.05, 3.63) is 217 Å². The quantitative estimate of drug-likeness (QED) is 0.101. The van der Waals surface area contributed by atoms with Crippen LogP contribution in [-0.4, -0.2) is 152 Å². The minimum absolute atomic E-state index is 0.0179. The maximum atomic E-state index is 12.1. The van der Waals surface area contributed by atoms with Gasteiger partial charge in [0.05, 0.1) is 11.1 Å². The lowest BCUT2D eigenvalue weighted by atomic mass is 9.91. The van der Waals surface area contributed by atoms with E-state index in [9.17, 15) is 61.3 Å². The third kappa shape index (κ3) is 10.2. The Morgan fingerprint density at radius 1 is 0.391 bits per heavy atom. The molecule has 24 nitrogen and oxygen atoms in total. The van der Waals surface area contributed by atoms with E-state index < -0.39 is 149 Å². The predicted octanol–water partition coefficient (Wildman–Crippen LogP) is 0.338. The monoisotopic (exact) mass is 1200 g/mol. The van der Waals surface area contributed by atoms with Gasteiger partial charge in [-0.05, 0) is 66.6 Å². The van der Waals surface area contributed by atoms with Crippen molar-refractivity contribution < 1.29 is 118 Å². The van der Waals surface area contributed by atoms with E-state index >= 15 is 0 Å². The summed E-state index contributed by atoms with van der Waals surface area (Å²) in [5.74, 6) is -27.0. The van der Waals surface area contributed by atoms with Crippen molar-refractivity contribution in [1.82, 2.24) is 0 Å². The van der Waals surface area contributed by atoms with Crippen molar-refractivity contribution in [1.29, 1.82) is 0 Å². The molecule has 12 N–H and O–H groups in total. The Balaban J connectivity index is 0.799. The maximum absolute atomic E-state index is 12.1. The Hall–Kier alpha value is -6.26. The predicted molar refractivity (Wildman–Crippen MR) is 288 cm³/mol. The van der Waals surface area contributed by atoms with Gasteiger partial charge in [0.2, 0.25) is 69.4 Å². The van der Waals surface area contributed by atoms with E-state index in [1.165, 1.54) is 109 Å². The first-order valence-corrected chi connectivity index (χ1v) is 27.5. The van der Waals surface area contributed by atoms with Crippen LogP contribution in [0.5, 0.6) is 0 Å². The van der Waals surface area contributed by atoms with Crippen LogP contribution in [0.3, 0.4) is 0 Å². The van der Waals surface area contributed by atoms with Crippen LogP contribution in [0.2, 0.25) is 0 Å². The molecule has 0 spiro atoms. The molecule has 456 valence electrons. The van der Waals surface area contributed by atoms with Gasteiger partial charge in [0, 0.05) is 55.6 Å². The van der Waals surface area contributed by atoms with Crippen molar-refractivity contribution in [2.24, 2.45) is 0 Å². The van der Waals surface area contributed by atoms with Crippen molar-refractivity contribution in [2.75, 3.05) is 79.3 Å².